The Labute approximate surface area is 149 Å². The minimum absolute atomic E-state index is 0.00256. The van der Waals surface area contributed by atoms with Crippen LogP contribution in [0.3, 0.4) is 0 Å². The molecule has 1 aliphatic rings. The summed E-state index contributed by atoms with van der Waals surface area (Å²) in [4.78, 5) is 30.8. The molecule has 0 saturated carbocycles. The van der Waals surface area contributed by atoms with Crippen LogP contribution in [-0.4, -0.2) is 34.3 Å². The lowest BCUT2D eigenvalue weighted by Gasteiger charge is -2.25. The number of carbonyl (C=O) groups is 2. The van der Waals surface area contributed by atoms with E-state index in [1.54, 1.807) is 22.4 Å². The lowest BCUT2D eigenvalue weighted by atomic mass is 10.1. The van der Waals surface area contributed by atoms with Crippen LogP contribution in [0.2, 0.25) is 0 Å². The van der Waals surface area contributed by atoms with Crippen LogP contribution in [0, 0.1) is 11.7 Å². The molecule has 1 saturated heterocycles. The molecule has 3 rings (SSSR count). The summed E-state index contributed by atoms with van der Waals surface area (Å²) >= 11 is 1.28. The average molecular weight is 361 g/mol. The maximum absolute atomic E-state index is 13.3. The van der Waals surface area contributed by atoms with Gasteiger partial charge in [0, 0.05) is 23.4 Å². The predicted octanol–water partition coefficient (Wildman–Crippen LogP) is 3.53. The van der Waals surface area contributed by atoms with E-state index in [1.165, 1.54) is 23.5 Å². The highest BCUT2D eigenvalue weighted by atomic mass is 32.1. The second kappa shape index (κ2) is 7.31. The molecule has 0 bridgehead atoms. The number of nitrogens with one attached hydrogen (secondary N) is 1. The first-order valence-electron chi connectivity index (χ1n) is 8.28. The summed E-state index contributed by atoms with van der Waals surface area (Å²) in [5.41, 5.74) is 1.27. The lowest BCUT2D eigenvalue weighted by Crippen LogP contribution is -2.44. The Hall–Kier alpha value is -2.28. The summed E-state index contributed by atoms with van der Waals surface area (Å²) < 4.78 is 13.3. The number of nitrogens with zero attached hydrogens (tertiary/aromatic N) is 2. The van der Waals surface area contributed by atoms with Gasteiger partial charge in [-0.05, 0) is 25.0 Å². The average Bonchev–Trinajstić information content (AvgIpc) is 3.23. The molecule has 132 valence electrons. The van der Waals surface area contributed by atoms with Gasteiger partial charge in [0.15, 0.2) is 5.13 Å². The molecule has 1 N–H and O–H groups in total. The van der Waals surface area contributed by atoms with Gasteiger partial charge >= 0.3 is 0 Å². The topological polar surface area (TPSA) is 62.3 Å². The molecule has 1 aromatic carbocycles. The summed E-state index contributed by atoms with van der Waals surface area (Å²) in [5.74, 6) is -0.679. The Balaban J connectivity index is 1.70. The minimum atomic E-state index is -0.448. The lowest BCUT2D eigenvalue weighted by molar-refractivity contribution is -0.139. The van der Waals surface area contributed by atoms with Gasteiger partial charge in [-0.2, -0.15) is 0 Å². The molecule has 7 heteroatoms. The molecule has 2 aromatic rings. The first-order valence-corrected chi connectivity index (χ1v) is 9.16. The number of amides is 2. The molecule has 1 unspecified atom stereocenters. The van der Waals surface area contributed by atoms with Crippen molar-refractivity contribution in [2.24, 2.45) is 5.92 Å². The quantitative estimate of drug-likeness (QED) is 0.906. The Morgan fingerprint density at radius 1 is 1.40 bits per heavy atom. The molecule has 0 spiro atoms. The third-order valence-corrected chi connectivity index (χ3v) is 4.94. The van der Waals surface area contributed by atoms with E-state index in [0.29, 0.717) is 29.4 Å². The molecule has 1 aromatic heterocycles. The van der Waals surface area contributed by atoms with Gasteiger partial charge in [0.1, 0.15) is 11.9 Å². The van der Waals surface area contributed by atoms with Crippen LogP contribution >= 0.6 is 11.3 Å². The first-order chi connectivity index (χ1) is 12.0. The molecule has 1 fully saturated rings. The van der Waals surface area contributed by atoms with Crippen LogP contribution in [0.4, 0.5) is 9.52 Å². The molecule has 1 aliphatic heterocycles. The van der Waals surface area contributed by atoms with E-state index >= 15 is 0 Å². The fraction of sp³-hybridized carbons (Fsp3) is 0.389. The molecular weight excluding hydrogens is 341 g/mol. The Morgan fingerprint density at radius 2 is 2.20 bits per heavy atom. The summed E-state index contributed by atoms with van der Waals surface area (Å²) in [6.45, 7) is 4.28. The van der Waals surface area contributed by atoms with Crippen molar-refractivity contribution in [1.29, 1.82) is 0 Å². The van der Waals surface area contributed by atoms with Crippen molar-refractivity contribution in [2.75, 3.05) is 11.9 Å². The number of likely N-dealkylation sites (tertiary alicyclic amines) is 1. The molecular formula is C18H20FN3O2S. The Bertz CT molecular complexity index is 790. The summed E-state index contributed by atoms with van der Waals surface area (Å²) in [6, 6.07) is 5.72. The highest BCUT2D eigenvalue weighted by Gasteiger charge is 2.35. The molecule has 5 nitrogen and oxygen atoms in total. The van der Waals surface area contributed by atoms with Crippen molar-refractivity contribution in [2.45, 2.75) is 32.7 Å². The van der Waals surface area contributed by atoms with Crippen LogP contribution in [0.5, 0.6) is 0 Å². The molecule has 2 heterocycles. The van der Waals surface area contributed by atoms with Crippen LogP contribution in [0.1, 0.15) is 26.7 Å². The standard InChI is InChI=1S/C18H20FN3O2S/c1-11(2)17(24)22-8-4-7-15(22)16(23)21-18-20-14(10-25-18)12-5-3-6-13(19)9-12/h3,5-6,9-11,15H,4,7-8H2,1-2H3,(H,20,21,23). The van der Waals surface area contributed by atoms with E-state index in [4.69, 9.17) is 0 Å². The van der Waals surface area contributed by atoms with E-state index < -0.39 is 6.04 Å². The molecule has 2 amide bonds. The monoisotopic (exact) mass is 361 g/mol. The van der Waals surface area contributed by atoms with Crippen molar-refractivity contribution in [3.63, 3.8) is 0 Å². The molecule has 25 heavy (non-hydrogen) atoms. The zero-order chi connectivity index (χ0) is 18.0. The summed E-state index contributed by atoms with van der Waals surface area (Å²) in [6.07, 6.45) is 1.48. The fourth-order valence-electron chi connectivity index (χ4n) is 2.93. The van der Waals surface area contributed by atoms with Crippen molar-refractivity contribution < 1.29 is 14.0 Å². The second-order valence-electron chi connectivity index (χ2n) is 6.38. The number of carbonyl (C=O) groups excluding carboxylic acids is 2. The molecule has 1 atom stereocenters. The SMILES string of the molecule is CC(C)C(=O)N1CCCC1C(=O)Nc1nc(-c2cccc(F)c2)cs1. The fourth-order valence-corrected chi connectivity index (χ4v) is 3.66. The van der Waals surface area contributed by atoms with Gasteiger partial charge in [0.2, 0.25) is 11.8 Å². The number of thiazole rings is 1. The van der Waals surface area contributed by atoms with Crippen LogP contribution < -0.4 is 5.32 Å². The van der Waals surface area contributed by atoms with Crippen molar-refractivity contribution in [3.8, 4) is 11.3 Å². The second-order valence-corrected chi connectivity index (χ2v) is 7.24. The predicted molar refractivity (Wildman–Crippen MR) is 95.7 cm³/mol. The van der Waals surface area contributed by atoms with Crippen molar-refractivity contribution in [3.05, 3.63) is 35.5 Å². The van der Waals surface area contributed by atoms with Gasteiger partial charge in [-0.3, -0.25) is 9.59 Å². The van der Waals surface area contributed by atoms with Crippen LogP contribution in [0.25, 0.3) is 11.3 Å². The smallest absolute Gasteiger partial charge is 0.248 e. The van der Waals surface area contributed by atoms with Crippen LogP contribution in [0.15, 0.2) is 29.6 Å². The third-order valence-electron chi connectivity index (χ3n) is 4.19. The van der Waals surface area contributed by atoms with Gasteiger partial charge in [0.25, 0.3) is 0 Å². The van der Waals surface area contributed by atoms with E-state index in [2.05, 4.69) is 10.3 Å². The highest BCUT2D eigenvalue weighted by molar-refractivity contribution is 7.14. The van der Waals surface area contributed by atoms with Gasteiger partial charge in [0.05, 0.1) is 5.69 Å². The van der Waals surface area contributed by atoms with Crippen LogP contribution in [-0.2, 0) is 9.59 Å². The van der Waals surface area contributed by atoms with E-state index in [1.807, 2.05) is 13.8 Å². The van der Waals surface area contributed by atoms with E-state index in [0.717, 1.165) is 6.42 Å². The molecule has 0 radical (unpaired) electrons. The third kappa shape index (κ3) is 3.87. The zero-order valence-electron chi connectivity index (χ0n) is 14.2. The molecule has 0 aliphatic carbocycles. The zero-order valence-corrected chi connectivity index (χ0v) is 15.0. The number of hydrogen-bond donors (Lipinski definition) is 1. The maximum Gasteiger partial charge on any atom is 0.248 e. The number of halogens is 1. The summed E-state index contributed by atoms with van der Waals surface area (Å²) in [7, 11) is 0. The Kier molecular flexibility index (Phi) is 5.13. The minimum Gasteiger partial charge on any atom is -0.330 e. The first kappa shape index (κ1) is 17.5. The van der Waals surface area contributed by atoms with E-state index in [-0.39, 0.29) is 23.5 Å². The van der Waals surface area contributed by atoms with Gasteiger partial charge in [-0.15, -0.1) is 11.3 Å². The number of rotatable bonds is 4. The summed E-state index contributed by atoms with van der Waals surface area (Å²) in [5, 5.41) is 5.02. The number of anilines is 1. The number of hydrogen-bond acceptors (Lipinski definition) is 4. The number of benzene rings is 1. The number of aromatic nitrogens is 1. The Morgan fingerprint density at radius 3 is 2.92 bits per heavy atom. The van der Waals surface area contributed by atoms with Gasteiger partial charge in [-0.1, -0.05) is 26.0 Å². The largest absolute Gasteiger partial charge is 0.330 e. The van der Waals surface area contributed by atoms with Gasteiger partial charge in [-0.25, -0.2) is 9.37 Å². The van der Waals surface area contributed by atoms with E-state index in [9.17, 15) is 14.0 Å². The maximum atomic E-state index is 13.3. The van der Waals surface area contributed by atoms with Crippen molar-refractivity contribution >= 4 is 28.3 Å². The highest BCUT2D eigenvalue weighted by Crippen LogP contribution is 2.27. The van der Waals surface area contributed by atoms with Gasteiger partial charge < -0.3 is 10.2 Å². The normalized spacial score (nSPS) is 17.1. The van der Waals surface area contributed by atoms with Crippen molar-refractivity contribution in [1.82, 2.24) is 9.88 Å².